The van der Waals surface area contributed by atoms with Gasteiger partial charge in [-0.15, -0.1) is 5.10 Å². The van der Waals surface area contributed by atoms with E-state index in [2.05, 4.69) is 41.7 Å². The second-order valence-corrected chi connectivity index (χ2v) is 6.52. The normalized spacial score (nSPS) is 13.2. The number of ether oxygens (including phenoxy) is 1. The lowest BCUT2D eigenvalue weighted by Gasteiger charge is -2.22. The average Bonchev–Trinajstić information content (AvgIpc) is 2.89. The summed E-state index contributed by atoms with van der Waals surface area (Å²) in [7, 11) is 3.64. The minimum absolute atomic E-state index is 0.0176. The zero-order valence-corrected chi connectivity index (χ0v) is 13.4. The van der Waals surface area contributed by atoms with Crippen LogP contribution in [0.5, 0.6) is 5.75 Å². The summed E-state index contributed by atoms with van der Waals surface area (Å²) in [5.74, 6) is 0.859. The quantitative estimate of drug-likeness (QED) is 0.940. The first-order valence-electron chi connectivity index (χ1n) is 6.61. The van der Waals surface area contributed by atoms with Crippen molar-refractivity contribution in [1.82, 2.24) is 14.9 Å². The molecule has 5 heteroatoms. The van der Waals surface area contributed by atoms with Gasteiger partial charge in [-0.05, 0) is 36.3 Å². The molecule has 0 amide bonds. The molecular formula is C15H21N3OS. The van der Waals surface area contributed by atoms with E-state index in [0.717, 1.165) is 21.9 Å². The Morgan fingerprint density at radius 1 is 1.30 bits per heavy atom. The van der Waals surface area contributed by atoms with Gasteiger partial charge in [0.15, 0.2) is 0 Å². The van der Waals surface area contributed by atoms with Crippen LogP contribution in [0.25, 0.3) is 0 Å². The third kappa shape index (κ3) is 2.99. The largest absolute Gasteiger partial charge is 0.497 e. The maximum Gasteiger partial charge on any atom is 0.119 e. The highest BCUT2D eigenvalue weighted by atomic mass is 32.1. The molecule has 1 atom stereocenters. The minimum Gasteiger partial charge on any atom is -0.497 e. The lowest BCUT2D eigenvalue weighted by molar-refractivity contribution is 0.413. The number of nitrogens with zero attached hydrogens (tertiary/aromatic N) is 2. The van der Waals surface area contributed by atoms with E-state index in [4.69, 9.17) is 4.74 Å². The van der Waals surface area contributed by atoms with Crippen LogP contribution in [0.4, 0.5) is 0 Å². The Balaban J connectivity index is 2.45. The molecule has 0 aliphatic rings. The van der Waals surface area contributed by atoms with E-state index in [1.807, 2.05) is 25.2 Å². The molecule has 0 bridgehead atoms. The maximum atomic E-state index is 5.31. The predicted octanol–water partition coefficient (Wildman–Crippen LogP) is 3.15. The van der Waals surface area contributed by atoms with Gasteiger partial charge >= 0.3 is 0 Å². The molecule has 1 unspecified atom stereocenters. The highest BCUT2D eigenvalue weighted by molar-refractivity contribution is 7.05. The highest BCUT2D eigenvalue weighted by Gasteiger charge is 2.27. The van der Waals surface area contributed by atoms with Crippen molar-refractivity contribution in [2.45, 2.75) is 32.2 Å². The lowest BCUT2D eigenvalue weighted by atomic mass is 9.89. The molecule has 0 saturated heterocycles. The smallest absolute Gasteiger partial charge is 0.119 e. The molecule has 0 aliphatic heterocycles. The third-order valence-corrected chi connectivity index (χ3v) is 3.99. The molecule has 1 N–H and O–H groups in total. The third-order valence-electron chi connectivity index (χ3n) is 3.20. The number of rotatable bonds is 4. The Kier molecular flexibility index (Phi) is 4.40. The zero-order chi connectivity index (χ0) is 14.8. The number of methoxy groups -OCH3 is 1. The first-order chi connectivity index (χ1) is 9.47. The number of hydrogen-bond donors (Lipinski definition) is 1. The van der Waals surface area contributed by atoms with Crippen LogP contribution in [-0.2, 0) is 5.41 Å². The van der Waals surface area contributed by atoms with Crippen molar-refractivity contribution in [3.63, 3.8) is 0 Å². The SMILES string of the molecule is CNC(c1cccc(OC)c1)c1snnc1C(C)(C)C. The van der Waals surface area contributed by atoms with E-state index in [9.17, 15) is 0 Å². The van der Waals surface area contributed by atoms with Crippen LogP contribution in [-0.4, -0.2) is 23.7 Å². The zero-order valence-electron chi connectivity index (χ0n) is 12.6. The molecule has 20 heavy (non-hydrogen) atoms. The second-order valence-electron chi connectivity index (χ2n) is 5.73. The van der Waals surface area contributed by atoms with Gasteiger partial charge in [0.2, 0.25) is 0 Å². The predicted molar refractivity (Wildman–Crippen MR) is 82.5 cm³/mol. The van der Waals surface area contributed by atoms with Crippen molar-refractivity contribution >= 4 is 11.5 Å². The van der Waals surface area contributed by atoms with Crippen LogP contribution in [0.1, 0.15) is 42.9 Å². The Morgan fingerprint density at radius 2 is 2.05 bits per heavy atom. The monoisotopic (exact) mass is 291 g/mol. The number of benzene rings is 1. The molecule has 108 valence electrons. The van der Waals surface area contributed by atoms with Gasteiger partial charge in [-0.2, -0.15) is 0 Å². The fraction of sp³-hybridized carbons (Fsp3) is 0.467. The molecule has 0 saturated carbocycles. The van der Waals surface area contributed by atoms with Gasteiger partial charge < -0.3 is 10.1 Å². The van der Waals surface area contributed by atoms with Crippen LogP contribution < -0.4 is 10.1 Å². The minimum atomic E-state index is -0.0176. The van der Waals surface area contributed by atoms with Gasteiger partial charge in [0, 0.05) is 5.41 Å². The van der Waals surface area contributed by atoms with Crippen LogP contribution in [0.15, 0.2) is 24.3 Å². The van der Waals surface area contributed by atoms with Crippen LogP contribution in [0, 0.1) is 0 Å². The first-order valence-corrected chi connectivity index (χ1v) is 7.38. The summed E-state index contributed by atoms with van der Waals surface area (Å²) in [5, 5.41) is 7.68. The van der Waals surface area contributed by atoms with Crippen molar-refractivity contribution in [3.05, 3.63) is 40.4 Å². The highest BCUT2D eigenvalue weighted by Crippen LogP contribution is 2.34. The van der Waals surface area contributed by atoms with Gasteiger partial charge in [-0.1, -0.05) is 37.4 Å². The molecule has 2 rings (SSSR count). The van der Waals surface area contributed by atoms with E-state index in [0.29, 0.717) is 0 Å². The summed E-state index contributed by atoms with van der Waals surface area (Å²) in [4.78, 5) is 1.16. The van der Waals surface area contributed by atoms with Crippen LogP contribution >= 0.6 is 11.5 Å². The van der Waals surface area contributed by atoms with Crippen molar-refractivity contribution in [2.75, 3.05) is 14.2 Å². The maximum absolute atomic E-state index is 5.31. The Hall–Kier alpha value is -1.46. The second kappa shape index (κ2) is 5.89. The van der Waals surface area contributed by atoms with E-state index >= 15 is 0 Å². The van der Waals surface area contributed by atoms with Crippen LogP contribution in [0.3, 0.4) is 0 Å². The van der Waals surface area contributed by atoms with E-state index in [1.54, 1.807) is 7.11 Å². The van der Waals surface area contributed by atoms with E-state index < -0.39 is 0 Å². The molecule has 0 aliphatic carbocycles. The summed E-state index contributed by atoms with van der Waals surface area (Å²) < 4.78 is 9.45. The lowest BCUT2D eigenvalue weighted by Crippen LogP contribution is -2.22. The van der Waals surface area contributed by atoms with E-state index in [-0.39, 0.29) is 11.5 Å². The molecule has 1 aromatic heterocycles. The molecule has 4 nitrogen and oxygen atoms in total. The molecule has 0 fully saturated rings. The van der Waals surface area contributed by atoms with Crippen molar-refractivity contribution in [1.29, 1.82) is 0 Å². The number of hydrogen-bond acceptors (Lipinski definition) is 5. The van der Waals surface area contributed by atoms with Crippen molar-refractivity contribution < 1.29 is 4.74 Å². The Morgan fingerprint density at radius 3 is 2.65 bits per heavy atom. The van der Waals surface area contributed by atoms with Crippen LogP contribution in [0.2, 0.25) is 0 Å². The summed E-state index contributed by atoms with van der Waals surface area (Å²) in [5.41, 5.74) is 2.18. The van der Waals surface area contributed by atoms with Gasteiger partial charge in [0.1, 0.15) is 5.75 Å². The Bertz CT molecular complexity index is 574. The molecule has 1 heterocycles. The van der Waals surface area contributed by atoms with Crippen molar-refractivity contribution in [2.24, 2.45) is 0 Å². The number of aromatic nitrogens is 2. The molecule has 2 aromatic rings. The standard InChI is InChI=1S/C15H21N3OS/c1-15(2,3)14-13(20-18-17-14)12(16-4)10-7-6-8-11(9-10)19-5/h6-9,12,16H,1-5H3. The summed E-state index contributed by atoms with van der Waals surface area (Å²) in [6, 6.07) is 8.18. The topological polar surface area (TPSA) is 47.0 Å². The van der Waals surface area contributed by atoms with Gasteiger partial charge in [-0.25, -0.2) is 0 Å². The van der Waals surface area contributed by atoms with Gasteiger partial charge in [-0.3, -0.25) is 0 Å². The molecule has 0 radical (unpaired) electrons. The summed E-state index contributed by atoms with van der Waals surface area (Å²) in [6.07, 6.45) is 0. The van der Waals surface area contributed by atoms with Crippen molar-refractivity contribution in [3.8, 4) is 5.75 Å². The summed E-state index contributed by atoms with van der Waals surface area (Å²) in [6.45, 7) is 6.47. The number of nitrogens with one attached hydrogen (secondary N) is 1. The average molecular weight is 291 g/mol. The Labute approximate surface area is 124 Å². The summed E-state index contributed by atoms with van der Waals surface area (Å²) >= 11 is 1.45. The fourth-order valence-corrected chi connectivity index (χ4v) is 3.18. The molecule has 0 spiro atoms. The van der Waals surface area contributed by atoms with Gasteiger partial charge in [0.25, 0.3) is 0 Å². The molecule has 1 aromatic carbocycles. The van der Waals surface area contributed by atoms with E-state index in [1.165, 1.54) is 11.5 Å². The first kappa shape index (κ1) is 14.9. The molecular weight excluding hydrogens is 270 g/mol. The van der Waals surface area contributed by atoms with Gasteiger partial charge in [0.05, 0.1) is 23.7 Å². The fourth-order valence-electron chi connectivity index (χ4n) is 2.18.